The molecule has 0 aromatic carbocycles. The standard InChI is InChI=1S/C24H40O4/c1-14(4-9-22(27)28)18-7-8-19-17-6-5-15-12-16(25)10-11-23(15,2)20(17)13-21(26)24(18,19)3/h14-21,25-26H,4-13H2,1-3H3,(H,27,28)/t14-,15-,16-,17-,18-,19-,20-,21-,23-,24+/m0/s1. The highest BCUT2D eigenvalue weighted by Crippen LogP contribution is 2.68. The normalized spacial score (nSPS) is 51.7. The van der Waals surface area contributed by atoms with Crippen LogP contribution in [0.4, 0.5) is 0 Å². The highest BCUT2D eigenvalue weighted by Gasteiger charge is 2.63. The third kappa shape index (κ3) is 3.05. The Morgan fingerprint density at radius 1 is 1.04 bits per heavy atom. The molecule has 3 N–H and O–H groups in total. The smallest absolute Gasteiger partial charge is 0.303 e. The van der Waals surface area contributed by atoms with Crippen LogP contribution in [-0.2, 0) is 4.79 Å². The van der Waals surface area contributed by atoms with Gasteiger partial charge < -0.3 is 15.3 Å². The zero-order chi connectivity index (χ0) is 20.3. The van der Waals surface area contributed by atoms with Crippen molar-refractivity contribution in [3.8, 4) is 0 Å². The number of aliphatic hydroxyl groups is 2. The van der Waals surface area contributed by atoms with Crippen molar-refractivity contribution in [2.24, 2.45) is 46.3 Å². The summed E-state index contributed by atoms with van der Waals surface area (Å²) in [6.45, 7) is 6.99. The van der Waals surface area contributed by atoms with E-state index in [1.165, 1.54) is 19.3 Å². The van der Waals surface area contributed by atoms with Gasteiger partial charge in [-0.3, -0.25) is 4.79 Å². The number of carbonyl (C=O) groups is 1. The lowest BCUT2D eigenvalue weighted by Crippen LogP contribution is -2.58. The highest BCUT2D eigenvalue weighted by atomic mass is 16.4. The number of aliphatic hydroxyl groups excluding tert-OH is 2. The molecule has 4 aliphatic carbocycles. The fourth-order valence-electron chi connectivity index (χ4n) is 8.71. The van der Waals surface area contributed by atoms with Gasteiger partial charge in [0.15, 0.2) is 0 Å². The van der Waals surface area contributed by atoms with Gasteiger partial charge in [0.05, 0.1) is 12.2 Å². The number of carboxylic acids is 1. The minimum Gasteiger partial charge on any atom is -0.481 e. The van der Waals surface area contributed by atoms with Crippen molar-refractivity contribution in [1.82, 2.24) is 0 Å². The first-order valence-corrected chi connectivity index (χ1v) is 11.8. The maximum absolute atomic E-state index is 11.5. The second kappa shape index (κ2) is 7.27. The summed E-state index contributed by atoms with van der Waals surface area (Å²) in [5.74, 6) is 2.55. The van der Waals surface area contributed by atoms with Crippen LogP contribution < -0.4 is 0 Å². The van der Waals surface area contributed by atoms with E-state index in [0.717, 1.165) is 38.5 Å². The second-order valence-corrected chi connectivity index (χ2v) is 11.3. The Bertz CT molecular complexity index is 605. The van der Waals surface area contributed by atoms with Crippen LogP contribution in [0.5, 0.6) is 0 Å². The summed E-state index contributed by atoms with van der Waals surface area (Å²) in [4.78, 5) is 11.1. The number of rotatable bonds is 4. The maximum Gasteiger partial charge on any atom is 0.303 e. The molecule has 0 aliphatic heterocycles. The molecule has 0 aromatic heterocycles. The Labute approximate surface area is 170 Å². The van der Waals surface area contributed by atoms with E-state index in [9.17, 15) is 15.0 Å². The molecule has 10 atom stereocenters. The van der Waals surface area contributed by atoms with Gasteiger partial charge in [-0.05, 0) is 104 Å². The topological polar surface area (TPSA) is 77.8 Å². The van der Waals surface area contributed by atoms with E-state index in [-0.39, 0.29) is 29.5 Å². The fraction of sp³-hybridized carbons (Fsp3) is 0.958. The number of carboxylic acid groups (broad SMARTS) is 1. The van der Waals surface area contributed by atoms with Gasteiger partial charge >= 0.3 is 5.97 Å². The van der Waals surface area contributed by atoms with Crippen molar-refractivity contribution in [2.45, 2.75) is 97.2 Å². The van der Waals surface area contributed by atoms with Crippen LogP contribution in [-0.4, -0.2) is 33.5 Å². The van der Waals surface area contributed by atoms with Crippen LogP contribution in [0.15, 0.2) is 0 Å². The van der Waals surface area contributed by atoms with E-state index >= 15 is 0 Å². The van der Waals surface area contributed by atoms with Gasteiger partial charge in [-0.25, -0.2) is 0 Å². The van der Waals surface area contributed by atoms with E-state index < -0.39 is 5.97 Å². The van der Waals surface area contributed by atoms with E-state index in [4.69, 9.17) is 5.11 Å². The van der Waals surface area contributed by atoms with Crippen molar-refractivity contribution in [1.29, 1.82) is 0 Å². The first-order chi connectivity index (χ1) is 13.2. The van der Waals surface area contributed by atoms with Crippen LogP contribution in [0.3, 0.4) is 0 Å². The number of aliphatic carboxylic acids is 1. The summed E-state index contributed by atoms with van der Waals surface area (Å²) in [6.07, 6.45) is 9.26. The average Bonchev–Trinajstić information content (AvgIpc) is 3.00. The molecule has 0 unspecified atom stereocenters. The molecule has 4 fully saturated rings. The molecular weight excluding hydrogens is 352 g/mol. The highest BCUT2D eigenvalue weighted by molar-refractivity contribution is 5.66. The summed E-state index contributed by atoms with van der Waals surface area (Å²) in [5.41, 5.74) is 0.216. The number of hydrogen-bond donors (Lipinski definition) is 3. The summed E-state index contributed by atoms with van der Waals surface area (Å²) >= 11 is 0. The minimum atomic E-state index is -0.707. The molecule has 4 aliphatic rings. The van der Waals surface area contributed by atoms with Gasteiger partial charge in [0.25, 0.3) is 0 Å². The Hall–Kier alpha value is -0.610. The molecule has 0 saturated heterocycles. The molecule has 0 aromatic rings. The fourth-order valence-corrected chi connectivity index (χ4v) is 8.71. The lowest BCUT2D eigenvalue weighted by molar-refractivity contribution is -0.175. The van der Waals surface area contributed by atoms with Crippen LogP contribution in [0.25, 0.3) is 0 Å². The summed E-state index contributed by atoms with van der Waals surface area (Å²) < 4.78 is 0. The zero-order valence-electron chi connectivity index (χ0n) is 17.9. The Morgan fingerprint density at radius 2 is 1.79 bits per heavy atom. The Morgan fingerprint density at radius 3 is 2.50 bits per heavy atom. The molecule has 0 amide bonds. The van der Waals surface area contributed by atoms with Crippen LogP contribution in [0.2, 0.25) is 0 Å². The molecule has 160 valence electrons. The van der Waals surface area contributed by atoms with E-state index in [1.54, 1.807) is 0 Å². The summed E-state index contributed by atoms with van der Waals surface area (Å²) in [6, 6.07) is 0. The van der Waals surface area contributed by atoms with E-state index in [1.807, 2.05) is 0 Å². The average molecular weight is 393 g/mol. The molecule has 4 nitrogen and oxygen atoms in total. The molecule has 4 rings (SSSR count). The van der Waals surface area contributed by atoms with Crippen molar-refractivity contribution in [3.63, 3.8) is 0 Å². The monoisotopic (exact) mass is 392 g/mol. The van der Waals surface area contributed by atoms with Crippen LogP contribution >= 0.6 is 0 Å². The predicted octanol–water partition coefficient (Wildman–Crippen LogP) is 4.48. The molecule has 4 heteroatoms. The van der Waals surface area contributed by atoms with Crippen molar-refractivity contribution in [3.05, 3.63) is 0 Å². The summed E-state index contributed by atoms with van der Waals surface area (Å²) in [7, 11) is 0. The maximum atomic E-state index is 11.5. The van der Waals surface area contributed by atoms with Gasteiger partial charge in [-0.1, -0.05) is 20.8 Å². The van der Waals surface area contributed by atoms with Gasteiger partial charge in [-0.2, -0.15) is 0 Å². The molecule has 0 spiro atoms. The predicted molar refractivity (Wildman–Crippen MR) is 109 cm³/mol. The second-order valence-electron chi connectivity index (χ2n) is 11.3. The SMILES string of the molecule is C[C@@H](CCC(=O)O)[C@@H]1CC[C@H]2[C@@H]3CC[C@H]4C[C@@H](O)CC[C@]4(C)[C@H]3C[C@H](O)[C@@]21C. The molecular formula is C24H40O4. The van der Waals surface area contributed by atoms with Crippen molar-refractivity contribution in [2.75, 3.05) is 0 Å². The Balaban J connectivity index is 1.56. The quantitative estimate of drug-likeness (QED) is 0.659. The molecule has 28 heavy (non-hydrogen) atoms. The van der Waals surface area contributed by atoms with Crippen LogP contribution in [0.1, 0.15) is 85.0 Å². The third-order valence-electron chi connectivity index (χ3n) is 10.3. The van der Waals surface area contributed by atoms with Crippen molar-refractivity contribution >= 4 is 5.97 Å². The van der Waals surface area contributed by atoms with E-state index in [0.29, 0.717) is 35.5 Å². The lowest BCUT2D eigenvalue weighted by Gasteiger charge is -2.62. The van der Waals surface area contributed by atoms with E-state index in [2.05, 4.69) is 20.8 Å². The van der Waals surface area contributed by atoms with Gasteiger partial charge in [0.1, 0.15) is 0 Å². The third-order valence-corrected chi connectivity index (χ3v) is 10.3. The van der Waals surface area contributed by atoms with Crippen LogP contribution in [0, 0.1) is 46.3 Å². The number of hydrogen-bond acceptors (Lipinski definition) is 3. The molecule has 4 saturated carbocycles. The zero-order valence-corrected chi connectivity index (χ0v) is 17.9. The Kier molecular flexibility index (Phi) is 5.36. The molecule has 0 bridgehead atoms. The van der Waals surface area contributed by atoms with Gasteiger partial charge in [0, 0.05) is 6.42 Å². The number of fused-ring (bicyclic) bond motifs is 5. The lowest BCUT2D eigenvalue weighted by atomic mass is 9.43. The first-order valence-electron chi connectivity index (χ1n) is 11.8. The minimum absolute atomic E-state index is 0.0591. The van der Waals surface area contributed by atoms with Crippen molar-refractivity contribution < 1.29 is 20.1 Å². The van der Waals surface area contributed by atoms with Gasteiger partial charge in [-0.15, -0.1) is 0 Å². The van der Waals surface area contributed by atoms with Gasteiger partial charge in [0.2, 0.25) is 0 Å². The first kappa shape index (κ1) is 20.7. The largest absolute Gasteiger partial charge is 0.481 e. The molecule has 0 radical (unpaired) electrons. The summed E-state index contributed by atoms with van der Waals surface area (Å²) in [5, 5.41) is 30.8. The molecule has 0 heterocycles.